The Hall–Kier alpha value is 1.96. The van der Waals surface area contributed by atoms with E-state index in [1.54, 1.807) is 0 Å². The van der Waals surface area contributed by atoms with Crippen LogP contribution in [-0.2, 0) is 0 Å². The summed E-state index contributed by atoms with van der Waals surface area (Å²) in [5.74, 6) is 0. The minimum Gasteiger partial charge on any atom is -0.121 e. The fraction of sp³-hybridized carbons (Fsp3) is 0.125. The largest absolute Gasteiger partial charge is 0.121 e. The van der Waals surface area contributed by atoms with Gasteiger partial charge in [0.05, 0.1) is 59.3 Å². The molecule has 0 nitrogen and oxygen atoms in total. The van der Waals surface area contributed by atoms with Gasteiger partial charge >= 0.3 is 0 Å². The van der Waals surface area contributed by atoms with Crippen LogP contribution in [0.15, 0.2) is 99.4 Å². The lowest BCUT2D eigenvalue weighted by Gasteiger charge is -2.12. The van der Waals surface area contributed by atoms with Crippen LogP contribution < -0.4 is 10.4 Å². The summed E-state index contributed by atoms with van der Waals surface area (Å²) in [6.45, 7) is 0. The van der Waals surface area contributed by atoms with Crippen molar-refractivity contribution in [3.8, 4) is 0 Å². The quantitative estimate of drug-likeness (QED) is 0.228. The first kappa shape index (κ1) is 35.6. The Morgan fingerprint density at radius 2 is 0.500 bits per heavy atom. The van der Waals surface area contributed by atoms with E-state index in [1.807, 2.05) is 188 Å². The van der Waals surface area contributed by atoms with E-state index in [0.717, 1.165) is 0 Å². The molecule has 0 fully saturated rings. The van der Waals surface area contributed by atoms with Gasteiger partial charge in [0.25, 0.3) is 0 Å². The summed E-state index contributed by atoms with van der Waals surface area (Å²) in [6.07, 6.45) is 8.78. The van der Waals surface area contributed by atoms with Gasteiger partial charge in [-0.05, 0) is 46.6 Å². The first-order valence-electron chi connectivity index (χ1n) is 14.0. The highest BCUT2D eigenvalue weighted by molar-refractivity contribution is 8.54. The Kier molecular flexibility index (Phi) is 11.3. The summed E-state index contributed by atoms with van der Waals surface area (Å²) in [4.78, 5) is 0. The summed E-state index contributed by atoms with van der Waals surface area (Å²) >= 11 is 31.2. The molecule has 16 heteroatoms. The lowest BCUT2D eigenvalue weighted by molar-refractivity contribution is 1.69. The summed E-state index contributed by atoms with van der Waals surface area (Å²) < 4.78 is 20.2. The van der Waals surface area contributed by atoms with Crippen LogP contribution in [0.5, 0.6) is 0 Å². The Morgan fingerprint density at radius 1 is 0.292 bits per heavy atom. The third kappa shape index (κ3) is 6.46. The minimum atomic E-state index is 1.36. The van der Waals surface area contributed by atoms with E-state index < -0.39 is 0 Å². The van der Waals surface area contributed by atoms with Crippen LogP contribution in [0, 0.1) is 0 Å². The van der Waals surface area contributed by atoms with E-state index in [9.17, 15) is 0 Å². The fourth-order valence-corrected chi connectivity index (χ4v) is 28.9. The molecule has 0 atom stereocenters. The van der Waals surface area contributed by atoms with Gasteiger partial charge in [0.15, 0.2) is 0 Å². The molecule has 0 spiro atoms. The minimum absolute atomic E-state index is 1.36. The number of hydrogen-bond donors (Lipinski definition) is 0. The molecule has 0 saturated carbocycles. The van der Waals surface area contributed by atoms with Crippen molar-refractivity contribution in [2.24, 2.45) is 0 Å². The lowest BCUT2D eigenvalue weighted by Crippen LogP contribution is -2.16. The van der Waals surface area contributed by atoms with E-state index in [-0.39, 0.29) is 0 Å². The number of fused-ring (bicyclic) bond motifs is 2. The van der Waals surface area contributed by atoms with Gasteiger partial charge < -0.3 is 0 Å². The molecule has 3 aromatic carbocycles. The van der Waals surface area contributed by atoms with Crippen molar-refractivity contribution in [1.82, 2.24) is 0 Å². The molecule has 9 rings (SSSR count). The van der Waals surface area contributed by atoms with E-state index in [1.165, 1.54) is 91.3 Å². The summed E-state index contributed by atoms with van der Waals surface area (Å²) in [5, 5.41) is 8.22. The van der Waals surface area contributed by atoms with E-state index >= 15 is 0 Å². The van der Waals surface area contributed by atoms with Crippen LogP contribution in [0.3, 0.4) is 0 Å². The summed E-state index contributed by atoms with van der Waals surface area (Å²) in [5.41, 5.74) is 0. The summed E-state index contributed by atoms with van der Waals surface area (Å²) in [6, 6.07) is 18.2. The second-order valence-corrected chi connectivity index (χ2v) is 29.0. The van der Waals surface area contributed by atoms with Crippen molar-refractivity contribution >= 4 is 218 Å². The molecule has 48 heavy (non-hydrogen) atoms. The Bertz CT molecular complexity index is 2150. The smallest absolute Gasteiger partial charge is 0.0718 e. The average molecular weight is 918 g/mol. The van der Waals surface area contributed by atoms with Crippen molar-refractivity contribution in [2.75, 3.05) is 25.0 Å². The third-order valence-electron chi connectivity index (χ3n) is 7.31. The molecule has 0 radical (unpaired) electrons. The molecular weight excluding hydrogens is 897 g/mol. The molecule has 3 aromatic rings. The van der Waals surface area contributed by atoms with Crippen molar-refractivity contribution in [3.63, 3.8) is 0 Å². The molecule has 0 saturated heterocycles. The van der Waals surface area contributed by atoms with Crippen molar-refractivity contribution < 1.29 is 0 Å². The van der Waals surface area contributed by atoms with Gasteiger partial charge in [-0.25, -0.2) is 0 Å². The maximum atomic E-state index is 2.34. The highest BCUT2D eigenvalue weighted by Gasteiger charge is 2.39. The topological polar surface area (TPSA) is 0 Å². The second-order valence-electron chi connectivity index (χ2n) is 9.91. The van der Waals surface area contributed by atoms with Crippen molar-refractivity contribution in [2.45, 2.75) is 0 Å². The zero-order chi connectivity index (χ0) is 32.5. The second kappa shape index (κ2) is 15.2. The van der Waals surface area contributed by atoms with Gasteiger partial charge in [-0.1, -0.05) is 190 Å². The van der Waals surface area contributed by atoms with Crippen molar-refractivity contribution in [1.29, 1.82) is 0 Å². The highest BCUT2D eigenvalue weighted by Crippen LogP contribution is 2.75. The molecule has 0 amide bonds. The highest BCUT2D eigenvalue weighted by atomic mass is 32.3. The third-order valence-corrected chi connectivity index (χ3v) is 30.1. The van der Waals surface area contributed by atoms with Gasteiger partial charge in [0.2, 0.25) is 0 Å². The Morgan fingerprint density at radius 3 is 0.771 bits per heavy atom. The molecule has 0 unspecified atom stereocenters. The van der Waals surface area contributed by atoms with Crippen LogP contribution in [0.4, 0.5) is 0 Å². The van der Waals surface area contributed by atoms with Crippen LogP contribution in [0.25, 0.3) is 30.0 Å². The van der Waals surface area contributed by atoms with Gasteiger partial charge in [-0.15, -0.1) is 47.0 Å². The fourth-order valence-electron chi connectivity index (χ4n) is 5.32. The Balaban J connectivity index is 1.01. The molecule has 6 aliphatic rings. The molecule has 244 valence electrons. The van der Waals surface area contributed by atoms with Crippen LogP contribution in [0.1, 0.15) is 0 Å². The zero-order valence-corrected chi connectivity index (χ0v) is 38.2. The van der Waals surface area contributed by atoms with Gasteiger partial charge in [-0.2, -0.15) is 0 Å². The molecular formula is C32H20S16. The van der Waals surface area contributed by atoms with Gasteiger partial charge in [0, 0.05) is 10.4 Å². The molecule has 0 aliphatic carbocycles. The number of benzene rings is 3. The van der Waals surface area contributed by atoms with Crippen LogP contribution >= 0.6 is 188 Å². The Labute approximate surface area is 348 Å². The standard InChI is InChI=1S/C32H20S16/c1-33-21-22(34-2)38-19(37-21)17-13-9-5-7-11-15(13)18(16-12-8-6-10-14(16)17)20-39-25-26(40-20)44-29(43-25)30-47-31-32(48-30)46-28(45-31)27-41-23(35-3)24(36-4)42-27/h5-12H,1-4H3. The average Bonchev–Trinajstić information content (AvgIpc) is 3.95. The maximum Gasteiger partial charge on any atom is 0.0718 e. The molecule has 0 bridgehead atoms. The molecule has 0 N–H and O–H groups in total. The molecule has 6 heterocycles. The number of thioether (sulfide) groups is 16. The molecule has 0 aromatic heterocycles. The van der Waals surface area contributed by atoms with Gasteiger partial charge in [0.1, 0.15) is 0 Å². The van der Waals surface area contributed by atoms with E-state index in [2.05, 4.69) is 73.6 Å². The number of hydrogen-bond acceptors (Lipinski definition) is 16. The number of rotatable bonds is 4. The molecule has 6 aliphatic heterocycles. The van der Waals surface area contributed by atoms with Crippen LogP contribution in [-0.4, -0.2) is 25.0 Å². The maximum absolute atomic E-state index is 2.34. The van der Waals surface area contributed by atoms with Crippen molar-refractivity contribution in [3.05, 3.63) is 110 Å². The van der Waals surface area contributed by atoms with E-state index in [0.29, 0.717) is 0 Å². The monoisotopic (exact) mass is 916 g/mol. The predicted octanol–water partition coefficient (Wildman–Crippen LogP) is 15.2. The normalized spacial score (nSPS) is 21.3. The summed E-state index contributed by atoms with van der Waals surface area (Å²) in [7, 11) is 0. The first-order valence-corrected chi connectivity index (χ1v) is 28.7. The van der Waals surface area contributed by atoms with E-state index in [4.69, 9.17) is 0 Å². The zero-order valence-electron chi connectivity index (χ0n) is 25.2. The SMILES string of the molecule is CSC1=C(SC)SC(=C2SC3=C(S2)SC(=C2SC4=C(S2)SC(=c2c5ccccc5c(=C5SC(SC)=C(SC)S5)c5ccccc25)S4)S3)S1. The van der Waals surface area contributed by atoms with Gasteiger partial charge in [-0.3, -0.25) is 0 Å². The predicted molar refractivity (Wildman–Crippen MR) is 255 cm³/mol. The lowest BCUT2D eigenvalue weighted by atomic mass is 9.99. The van der Waals surface area contributed by atoms with Crippen LogP contribution in [0.2, 0.25) is 0 Å². The first-order chi connectivity index (χ1) is 23.6.